The molecule has 1 N–H and O–H groups in total. The second kappa shape index (κ2) is 8.06. The molecule has 0 spiro atoms. The third-order valence-electron chi connectivity index (χ3n) is 5.14. The van der Waals surface area contributed by atoms with Gasteiger partial charge in [-0.3, -0.25) is 14.6 Å². The second-order valence-corrected chi connectivity index (χ2v) is 8.24. The van der Waals surface area contributed by atoms with E-state index in [0.29, 0.717) is 18.9 Å². The summed E-state index contributed by atoms with van der Waals surface area (Å²) in [5.74, 6) is 0.758. The van der Waals surface area contributed by atoms with Crippen LogP contribution < -0.4 is 5.56 Å². The summed E-state index contributed by atoms with van der Waals surface area (Å²) in [6.07, 6.45) is 4.94. The van der Waals surface area contributed by atoms with Crippen LogP contribution in [-0.2, 0) is 11.2 Å². The number of aromatic nitrogens is 3. The molecule has 28 heavy (non-hydrogen) atoms. The van der Waals surface area contributed by atoms with Crippen molar-refractivity contribution in [3.05, 3.63) is 69.0 Å². The fraction of sp³-hybridized carbons (Fsp3) is 0.333. The van der Waals surface area contributed by atoms with Crippen LogP contribution in [0.15, 0.2) is 52.9 Å². The molecule has 0 radical (unpaired) electrons. The van der Waals surface area contributed by atoms with Gasteiger partial charge in [0.1, 0.15) is 5.82 Å². The fourth-order valence-corrected chi connectivity index (χ4v) is 4.50. The summed E-state index contributed by atoms with van der Waals surface area (Å²) in [4.78, 5) is 39.6. The highest BCUT2D eigenvalue weighted by atomic mass is 32.1. The highest BCUT2D eigenvalue weighted by Crippen LogP contribution is 2.28. The van der Waals surface area contributed by atoms with E-state index in [-0.39, 0.29) is 23.3 Å². The van der Waals surface area contributed by atoms with E-state index in [4.69, 9.17) is 0 Å². The van der Waals surface area contributed by atoms with Gasteiger partial charge in [0.05, 0.1) is 5.69 Å². The van der Waals surface area contributed by atoms with Crippen molar-refractivity contribution in [1.82, 2.24) is 19.9 Å². The summed E-state index contributed by atoms with van der Waals surface area (Å²) in [6, 6.07) is 9.28. The van der Waals surface area contributed by atoms with Crippen LogP contribution in [0.2, 0.25) is 0 Å². The van der Waals surface area contributed by atoms with Crippen LogP contribution in [0.4, 0.5) is 0 Å². The lowest BCUT2D eigenvalue weighted by molar-refractivity contribution is -0.133. The molecular weight excluding hydrogens is 372 g/mol. The van der Waals surface area contributed by atoms with Gasteiger partial charge in [0, 0.05) is 53.8 Å². The number of H-pyrrole nitrogens is 1. The highest BCUT2D eigenvalue weighted by molar-refractivity contribution is 7.09. The Labute approximate surface area is 167 Å². The number of rotatable bonds is 5. The van der Waals surface area contributed by atoms with Gasteiger partial charge in [0.15, 0.2) is 0 Å². The molecule has 1 saturated heterocycles. The number of carbonyl (C=O) groups excluding carboxylic acids is 1. The summed E-state index contributed by atoms with van der Waals surface area (Å²) in [5.41, 5.74) is 1.40. The summed E-state index contributed by atoms with van der Waals surface area (Å²) >= 11 is 1.69. The maximum absolute atomic E-state index is 12.8. The lowest BCUT2D eigenvalue weighted by atomic mass is 10.0. The highest BCUT2D eigenvalue weighted by Gasteiger charge is 2.31. The van der Waals surface area contributed by atoms with Crippen molar-refractivity contribution in [1.29, 1.82) is 0 Å². The van der Waals surface area contributed by atoms with E-state index < -0.39 is 0 Å². The zero-order valence-electron chi connectivity index (χ0n) is 15.7. The first kappa shape index (κ1) is 18.6. The average molecular weight is 395 g/mol. The summed E-state index contributed by atoms with van der Waals surface area (Å²) in [6.45, 7) is 3.31. The Morgan fingerprint density at radius 2 is 2.18 bits per heavy atom. The maximum atomic E-state index is 12.8. The van der Waals surface area contributed by atoms with Crippen molar-refractivity contribution < 1.29 is 4.79 Å². The van der Waals surface area contributed by atoms with Crippen LogP contribution in [0, 0.1) is 5.92 Å². The van der Waals surface area contributed by atoms with Crippen molar-refractivity contribution in [2.75, 3.05) is 13.1 Å². The molecule has 4 heterocycles. The monoisotopic (exact) mass is 394 g/mol. The van der Waals surface area contributed by atoms with Crippen LogP contribution in [0.25, 0.3) is 11.4 Å². The number of aromatic amines is 1. The summed E-state index contributed by atoms with van der Waals surface area (Å²) in [5, 5.41) is 2.04. The van der Waals surface area contributed by atoms with Crippen molar-refractivity contribution in [2.45, 2.75) is 25.7 Å². The van der Waals surface area contributed by atoms with Crippen molar-refractivity contribution >= 4 is 17.2 Å². The zero-order valence-corrected chi connectivity index (χ0v) is 16.5. The van der Waals surface area contributed by atoms with Gasteiger partial charge in [-0.05, 0) is 36.4 Å². The van der Waals surface area contributed by atoms with E-state index in [1.165, 1.54) is 4.88 Å². The minimum atomic E-state index is -0.173. The van der Waals surface area contributed by atoms with E-state index in [9.17, 15) is 9.59 Å². The molecule has 0 unspecified atom stereocenters. The predicted molar refractivity (Wildman–Crippen MR) is 109 cm³/mol. The lowest BCUT2D eigenvalue weighted by Crippen LogP contribution is -2.34. The van der Waals surface area contributed by atoms with Crippen LogP contribution in [0.3, 0.4) is 0 Å². The standard InChI is InChI=1S/C21H22N4O2S/c1-14(11-17-3-2-10-28-17)21(27)25-9-6-16(13-25)18-12-19(26)24-20(23-18)15-4-7-22-8-5-15/h2-5,7-8,10,12,14,16H,6,9,11,13H2,1H3,(H,23,24,26)/t14-,16+/m0/s1. The van der Waals surface area contributed by atoms with E-state index in [1.807, 2.05) is 35.4 Å². The number of pyridine rings is 1. The molecule has 144 valence electrons. The molecule has 3 aromatic heterocycles. The number of likely N-dealkylation sites (tertiary alicyclic amines) is 1. The largest absolute Gasteiger partial charge is 0.342 e. The average Bonchev–Trinajstić information content (AvgIpc) is 3.40. The first-order chi connectivity index (χ1) is 13.6. The quantitative estimate of drug-likeness (QED) is 0.721. The molecule has 0 bridgehead atoms. The van der Waals surface area contributed by atoms with Crippen LogP contribution in [0.1, 0.15) is 29.8 Å². The third kappa shape index (κ3) is 4.04. The fourth-order valence-electron chi connectivity index (χ4n) is 3.66. The molecule has 1 fully saturated rings. The first-order valence-electron chi connectivity index (χ1n) is 9.43. The van der Waals surface area contributed by atoms with Crippen molar-refractivity contribution in [3.8, 4) is 11.4 Å². The number of carbonyl (C=O) groups is 1. The van der Waals surface area contributed by atoms with E-state index in [0.717, 1.165) is 24.1 Å². The van der Waals surface area contributed by atoms with Crippen LogP contribution in [0.5, 0.6) is 0 Å². The van der Waals surface area contributed by atoms with Crippen molar-refractivity contribution in [3.63, 3.8) is 0 Å². The lowest BCUT2D eigenvalue weighted by Gasteiger charge is -2.20. The van der Waals surface area contributed by atoms with E-state index in [2.05, 4.69) is 21.0 Å². The normalized spacial score (nSPS) is 17.6. The Morgan fingerprint density at radius 1 is 1.36 bits per heavy atom. The number of hydrogen-bond donors (Lipinski definition) is 1. The molecule has 7 heteroatoms. The molecule has 4 rings (SSSR count). The number of thiophene rings is 1. The molecule has 2 atom stereocenters. The first-order valence-corrected chi connectivity index (χ1v) is 10.3. The Balaban J connectivity index is 1.47. The predicted octanol–water partition coefficient (Wildman–Crippen LogP) is 3.09. The third-order valence-corrected chi connectivity index (χ3v) is 6.04. The number of amides is 1. The van der Waals surface area contributed by atoms with E-state index in [1.54, 1.807) is 29.8 Å². The number of nitrogens with zero attached hydrogens (tertiary/aromatic N) is 3. The smallest absolute Gasteiger partial charge is 0.251 e. The maximum Gasteiger partial charge on any atom is 0.251 e. The molecule has 6 nitrogen and oxygen atoms in total. The van der Waals surface area contributed by atoms with Crippen LogP contribution >= 0.6 is 11.3 Å². The van der Waals surface area contributed by atoms with Gasteiger partial charge < -0.3 is 9.88 Å². The van der Waals surface area contributed by atoms with Crippen LogP contribution in [-0.4, -0.2) is 38.8 Å². The molecule has 0 aliphatic carbocycles. The molecule has 1 amide bonds. The Kier molecular flexibility index (Phi) is 5.34. The van der Waals surface area contributed by atoms with Gasteiger partial charge in [0.25, 0.3) is 5.56 Å². The Hall–Kier alpha value is -2.80. The second-order valence-electron chi connectivity index (χ2n) is 7.21. The molecule has 1 aliphatic rings. The van der Waals surface area contributed by atoms with Crippen molar-refractivity contribution in [2.24, 2.45) is 5.92 Å². The molecular formula is C21H22N4O2S. The van der Waals surface area contributed by atoms with E-state index >= 15 is 0 Å². The number of hydrogen-bond acceptors (Lipinski definition) is 5. The van der Waals surface area contributed by atoms with Gasteiger partial charge in [-0.1, -0.05) is 13.0 Å². The summed E-state index contributed by atoms with van der Waals surface area (Å²) in [7, 11) is 0. The topological polar surface area (TPSA) is 79.0 Å². The Bertz CT molecular complexity index is 1000. The number of nitrogens with one attached hydrogen (secondary N) is 1. The minimum Gasteiger partial charge on any atom is -0.342 e. The SMILES string of the molecule is C[C@@H](Cc1cccs1)C(=O)N1CC[C@@H](c2cc(=O)[nH]c(-c3ccncc3)n2)C1. The zero-order chi connectivity index (χ0) is 19.5. The minimum absolute atomic E-state index is 0.0445. The molecule has 0 saturated carbocycles. The van der Waals surface area contributed by atoms with Gasteiger partial charge in [-0.15, -0.1) is 11.3 Å². The summed E-state index contributed by atoms with van der Waals surface area (Å²) < 4.78 is 0. The van der Waals surface area contributed by atoms with Gasteiger partial charge in [0.2, 0.25) is 5.91 Å². The molecule has 3 aromatic rings. The van der Waals surface area contributed by atoms with Gasteiger partial charge in [-0.2, -0.15) is 0 Å². The Morgan fingerprint density at radius 3 is 2.93 bits per heavy atom. The molecule has 1 aliphatic heterocycles. The van der Waals surface area contributed by atoms with Gasteiger partial charge >= 0.3 is 0 Å². The molecule has 0 aromatic carbocycles. The van der Waals surface area contributed by atoms with Gasteiger partial charge in [-0.25, -0.2) is 4.98 Å².